The molecule has 0 bridgehead atoms. The van der Waals surface area contributed by atoms with Crippen LogP contribution in [0.4, 0.5) is 5.69 Å². The maximum Gasteiger partial charge on any atom is 0.289 e. The number of nitrogens with one attached hydrogen (secondary N) is 2. The predicted octanol–water partition coefficient (Wildman–Crippen LogP) is 1.49. The molecule has 122 valence electrons. The van der Waals surface area contributed by atoms with E-state index in [9.17, 15) is 18.5 Å². The molecule has 0 spiro atoms. The van der Waals surface area contributed by atoms with Crippen LogP contribution in [0, 0.1) is 29.9 Å². The summed E-state index contributed by atoms with van der Waals surface area (Å²) in [6, 6.07) is 2.68. The molecular formula is C14H21N3O4S. The minimum atomic E-state index is -3.88. The lowest BCUT2D eigenvalue weighted by Crippen LogP contribution is -2.27. The lowest BCUT2D eigenvalue weighted by molar-refractivity contribution is -0.387. The summed E-state index contributed by atoms with van der Waals surface area (Å²) in [5.41, 5.74) is 1.03. The molecule has 1 unspecified atom stereocenters. The fourth-order valence-corrected chi connectivity index (χ4v) is 3.85. The minimum Gasteiger partial charge on any atom is -0.316 e. The maximum absolute atomic E-state index is 12.4. The molecule has 7 nitrogen and oxygen atoms in total. The highest BCUT2D eigenvalue weighted by molar-refractivity contribution is 7.89. The molecule has 2 rings (SSSR count). The second kappa shape index (κ2) is 6.72. The van der Waals surface area contributed by atoms with Crippen LogP contribution in [0.2, 0.25) is 0 Å². The monoisotopic (exact) mass is 327 g/mol. The summed E-state index contributed by atoms with van der Waals surface area (Å²) in [7, 11) is -3.88. The zero-order valence-electron chi connectivity index (χ0n) is 12.8. The third-order valence-corrected chi connectivity index (χ3v) is 5.56. The van der Waals surface area contributed by atoms with E-state index in [0.29, 0.717) is 23.6 Å². The van der Waals surface area contributed by atoms with Crippen LogP contribution in [0.25, 0.3) is 0 Å². The summed E-state index contributed by atoms with van der Waals surface area (Å²) in [5.74, 6) is 0.456. The predicted molar refractivity (Wildman–Crippen MR) is 83.4 cm³/mol. The molecule has 1 heterocycles. The Morgan fingerprint density at radius 2 is 2.05 bits per heavy atom. The van der Waals surface area contributed by atoms with Gasteiger partial charge in [0.15, 0.2) is 4.90 Å². The molecule has 1 fully saturated rings. The molecule has 0 saturated carbocycles. The SMILES string of the molecule is Cc1cc([N+](=O)[O-])c(S(=O)(=O)NCCC2CCNC2)cc1C. The van der Waals surface area contributed by atoms with Gasteiger partial charge in [-0.3, -0.25) is 10.1 Å². The first kappa shape index (κ1) is 16.9. The highest BCUT2D eigenvalue weighted by Gasteiger charge is 2.27. The van der Waals surface area contributed by atoms with Crippen molar-refractivity contribution in [1.29, 1.82) is 0 Å². The number of aryl methyl sites for hydroxylation is 2. The molecule has 1 aromatic carbocycles. The van der Waals surface area contributed by atoms with E-state index >= 15 is 0 Å². The number of sulfonamides is 1. The quantitative estimate of drug-likeness (QED) is 0.609. The van der Waals surface area contributed by atoms with Gasteiger partial charge in [0.1, 0.15) is 0 Å². The van der Waals surface area contributed by atoms with Crippen LogP contribution in [0.3, 0.4) is 0 Å². The lowest BCUT2D eigenvalue weighted by Gasteiger charge is -2.11. The summed E-state index contributed by atoms with van der Waals surface area (Å²) >= 11 is 0. The van der Waals surface area contributed by atoms with E-state index < -0.39 is 14.9 Å². The highest BCUT2D eigenvalue weighted by Crippen LogP contribution is 2.27. The van der Waals surface area contributed by atoms with Crippen LogP contribution in [0.15, 0.2) is 17.0 Å². The zero-order chi connectivity index (χ0) is 16.3. The third kappa shape index (κ3) is 3.82. The van der Waals surface area contributed by atoms with E-state index in [4.69, 9.17) is 0 Å². The summed E-state index contributed by atoms with van der Waals surface area (Å²) in [6.07, 6.45) is 1.76. The number of nitro benzene ring substituents is 1. The van der Waals surface area contributed by atoms with Crippen LogP contribution >= 0.6 is 0 Å². The first-order valence-corrected chi connectivity index (χ1v) is 8.75. The normalized spacial score (nSPS) is 18.5. The molecule has 0 radical (unpaired) electrons. The Labute approximate surface area is 130 Å². The summed E-state index contributed by atoms with van der Waals surface area (Å²) in [5, 5.41) is 14.3. The van der Waals surface area contributed by atoms with E-state index in [1.165, 1.54) is 12.1 Å². The smallest absolute Gasteiger partial charge is 0.289 e. The van der Waals surface area contributed by atoms with E-state index in [0.717, 1.165) is 25.9 Å². The Hall–Kier alpha value is -1.51. The maximum atomic E-state index is 12.4. The van der Waals surface area contributed by atoms with Gasteiger partial charge in [-0.25, -0.2) is 13.1 Å². The third-order valence-electron chi connectivity index (χ3n) is 4.07. The van der Waals surface area contributed by atoms with Crippen molar-refractivity contribution in [2.24, 2.45) is 5.92 Å². The lowest BCUT2D eigenvalue weighted by atomic mass is 10.1. The van der Waals surface area contributed by atoms with Crippen LogP contribution in [0.5, 0.6) is 0 Å². The molecule has 1 aliphatic heterocycles. The zero-order valence-corrected chi connectivity index (χ0v) is 13.6. The molecule has 1 aliphatic rings. The number of benzene rings is 1. The minimum absolute atomic E-state index is 0.259. The Kier molecular flexibility index (Phi) is 5.15. The van der Waals surface area contributed by atoms with Gasteiger partial charge < -0.3 is 5.32 Å². The topological polar surface area (TPSA) is 101 Å². The van der Waals surface area contributed by atoms with Gasteiger partial charge in [0, 0.05) is 12.6 Å². The fourth-order valence-electron chi connectivity index (χ4n) is 2.57. The van der Waals surface area contributed by atoms with Crippen LogP contribution in [0.1, 0.15) is 24.0 Å². The van der Waals surface area contributed by atoms with Gasteiger partial charge in [-0.05, 0) is 62.9 Å². The molecule has 2 N–H and O–H groups in total. The summed E-state index contributed by atoms with van der Waals surface area (Å²) in [4.78, 5) is 10.2. The summed E-state index contributed by atoms with van der Waals surface area (Å²) < 4.78 is 27.2. The van der Waals surface area contributed by atoms with Crippen molar-refractivity contribution in [2.75, 3.05) is 19.6 Å². The largest absolute Gasteiger partial charge is 0.316 e. The number of rotatable bonds is 6. The van der Waals surface area contributed by atoms with E-state index in [2.05, 4.69) is 10.0 Å². The van der Waals surface area contributed by atoms with Crippen molar-refractivity contribution in [3.63, 3.8) is 0 Å². The number of nitrogens with zero attached hydrogens (tertiary/aromatic N) is 1. The highest BCUT2D eigenvalue weighted by atomic mass is 32.2. The Morgan fingerprint density at radius 1 is 1.36 bits per heavy atom. The Bertz CT molecular complexity index is 667. The molecule has 0 amide bonds. The molecule has 1 atom stereocenters. The molecule has 0 aromatic heterocycles. The van der Waals surface area contributed by atoms with Crippen LogP contribution in [-0.4, -0.2) is 33.0 Å². The van der Waals surface area contributed by atoms with E-state index in [1.54, 1.807) is 13.8 Å². The second-order valence-corrected chi connectivity index (χ2v) is 7.44. The molecular weight excluding hydrogens is 306 g/mol. The first-order valence-electron chi connectivity index (χ1n) is 7.27. The molecule has 1 aromatic rings. The van der Waals surface area contributed by atoms with Gasteiger partial charge in [0.05, 0.1) is 4.92 Å². The first-order chi connectivity index (χ1) is 10.3. The van der Waals surface area contributed by atoms with Crippen molar-refractivity contribution in [3.05, 3.63) is 33.4 Å². The van der Waals surface area contributed by atoms with Crippen LogP contribution in [-0.2, 0) is 10.0 Å². The number of hydrogen-bond acceptors (Lipinski definition) is 5. The molecule has 22 heavy (non-hydrogen) atoms. The molecule has 8 heteroatoms. The second-order valence-electron chi connectivity index (χ2n) is 5.71. The van der Waals surface area contributed by atoms with Crippen molar-refractivity contribution >= 4 is 15.7 Å². The van der Waals surface area contributed by atoms with Gasteiger partial charge in [-0.1, -0.05) is 0 Å². The average Bonchev–Trinajstić information content (AvgIpc) is 2.94. The summed E-state index contributed by atoms with van der Waals surface area (Å²) in [6.45, 7) is 5.60. The molecule has 0 aliphatic carbocycles. The Balaban J connectivity index is 2.17. The van der Waals surface area contributed by atoms with Crippen LogP contribution < -0.4 is 10.0 Å². The number of nitro groups is 1. The van der Waals surface area contributed by atoms with Crippen molar-refractivity contribution in [1.82, 2.24) is 10.0 Å². The van der Waals surface area contributed by atoms with Gasteiger partial charge in [-0.2, -0.15) is 0 Å². The Morgan fingerprint density at radius 3 is 2.64 bits per heavy atom. The van der Waals surface area contributed by atoms with Crippen molar-refractivity contribution < 1.29 is 13.3 Å². The van der Waals surface area contributed by atoms with Gasteiger partial charge in [-0.15, -0.1) is 0 Å². The van der Waals surface area contributed by atoms with E-state index in [-0.39, 0.29) is 10.6 Å². The standard InChI is InChI=1S/C14H21N3O4S/c1-10-7-13(17(18)19)14(8-11(10)2)22(20,21)16-6-4-12-3-5-15-9-12/h7-8,12,15-16H,3-6,9H2,1-2H3. The van der Waals surface area contributed by atoms with Gasteiger partial charge in [0.25, 0.3) is 5.69 Å². The van der Waals surface area contributed by atoms with E-state index in [1.807, 2.05) is 0 Å². The average molecular weight is 327 g/mol. The number of hydrogen-bond donors (Lipinski definition) is 2. The fraction of sp³-hybridized carbons (Fsp3) is 0.571. The molecule has 1 saturated heterocycles. The van der Waals surface area contributed by atoms with Gasteiger partial charge in [0.2, 0.25) is 10.0 Å². The van der Waals surface area contributed by atoms with Crippen molar-refractivity contribution in [2.45, 2.75) is 31.6 Å². The van der Waals surface area contributed by atoms with Crippen molar-refractivity contribution in [3.8, 4) is 0 Å². The van der Waals surface area contributed by atoms with Gasteiger partial charge >= 0.3 is 0 Å².